The maximum Gasteiger partial charge on any atom is 0.342 e. The highest BCUT2D eigenvalue weighted by atomic mass is 35.5. The normalized spacial score (nSPS) is 13.4. The number of alkyl halides is 1. The number of carbonyl (C=O) groups excluding carboxylic acids is 1. The van der Waals surface area contributed by atoms with E-state index in [1.54, 1.807) is 0 Å². The smallest absolute Gasteiger partial charge is 0.342 e. The monoisotopic (exact) mass is 283 g/mol. The first-order chi connectivity index (χ1) is 7.95. The summed E-state index contributed by atoms with van der Waals surface area (Å²) in [6, 6.07) is 0.923. The van der Waals surface area contributed by atoms with Gasteiger partial charge in [-0.3, -0.25) is 0 Å². The van der Waals surface area contributed by atoms with Crippen LogP contribution in [0.3, 0.4) is 0 Å². The fraction of sp³-hybridized carbons (Fsp3) is 0.364. The lowest BCUT2D eigenvalue weighted by atomic mass is 10.0. The Kier molecular flexibility index (Phi) is 6.72. The molecule has 0 fully saturated rings. The largest absolute Gasteiger partial charge is 0.464 e. The van der Waals surface area contributed by atoms with E-state index < -0.39 is 29.8 Å². The van der Waals surface area contributed by atoms with Crippen molar-refractivity contribution in [3.05, 3.63) is 35.4 Å². The molecule has 102 valence electrons. The van der Waals surface area contributed by atoms with Crippen molar-refractivity contribution in [1.29, 1.82) is 0 Å². The molecule has 0 spiro atoms. The van der Waals surface area contributed by atoms with E-state index in [-0.39, 0.29) is 24.6 Å². The number of esters is 1. The van der Waals surface area contributed by atoms with E-state index in [4.69, 9.17) is 5.73 Å². The van der Waals surface area contributed by atoms with Gasteiger partial charge in [0, 0.05) is 6.07 Å². The number of hydrogen-bond acceptors (Lipinski definition) is 3. The third kappa shape index (κ3) is 4.19. The van der Waals surface area contributed by atoms with Crippen LogP contribution in [0.4, 0.5) is 13.2 Å². The van der Waals surface area contributed by atoms with Gasteiger partial charge in [0.25, 0.3) is 0 Å². The lowest BCUT2D eigenvalue weighted by molar-refractivity contribution is -0.149. The van der Waals surface area contributed by atoms with Crippen molar-refractivity contribution < 1.29 is 22.7 Å². The Labute approximate surface area is 109 Å². The second-order valence-corrected chi connectivity index (χ2v) is 3.38. The number of hydrogen-bond donors (Lipinski definition) is 1. The molecule has 0 aliphatic rings. The predicted molar refractivity (Wildman–Crippen MR) is 62.1 cm³/mol. The van der Waals surface area contributed by atoms with Crippen LogP contribution in [0.5, 0.6) is 0 Å². The third-order valence-corrected chi connectivity index (χ3v) is 2.10. The highest BCUT2D eigenvalue weighted by molar-refractivity contribution is 5.85. The molecule has 2 N–H and O–H groups in total. The van der Waals surface area contributed by atoms with Crippen LogP contribution in [0.15, 0.2) is 18.2 Å². The van der Waals surface area contributed by atoms with Crippen LogP contribution in [0.25, 0.3) is 0 Å². The summed E-state index contributed by atoms with van der Waals surface area (Å²) in [6.45, 7) is 1.52. The molecule has 0 saturated carbocycles. The highest BCUT2D eigenvalue weighted by Crippen LogP contribution is 2.20. The second-order valence-electron chi connectivity index (χ2n) is 3.38. The zero-order valence-electron chi connectivity index (χ0n) is 9.53. The van der Waals surface area contributed by atoms with Crippen molar-refractivity contribution in [3.63, 3.8) is 0 Å². The number of benzene rings is 1. The molecule has 0 saturated heterocycles. The minimum absolute atomic E-state index is 0. The second kappa shape index (κ2) is 7.23. The van der Waals surface area contributed by atoms with Crippen LogP contribution in [0.2, 0.25) is 0 Å². The van der Waals surface area contributed by atoms with E-state index in [1.807, 2.05) is 0 Å². The van der Waals surface area contributed by atoms with Crippen molar-refractivity contribution in [2.24, 2.45) is 5.73 Å². The molecule has 0 bridgehead atoms. The molecular formula is C11H13ClF3NO2. The Bertz CT molecular complexity index is 397. The maximum absolute atomic E-state index is 13.5. The molecule has 0 aromatic heterocycles. The molecule has 1 rings (SSSR count). The molecule has 7 heteroatoms. The van der Waals surface area contributed by atoms with Gasteiger partial charge < -0.3 is 10.5 Å². The van der Waals surface area contributed by atoms with Crippen LogP contribution >= 0.6 is 12.4 Å². The van der Waals surface area contributed by atoms with E-state index in [2.05, 4.69) is 4.74 Å². The zero-order chi connectivity index (χ0) is 13.0. The van der Waals surface area contributed by atoms with Crippen LogP contribution in [0, 0.1) is 11.6 Å². The SMILES string of the molecule is CCOC(=O)C(F)[C@@H](N)c1cc(F)cc(F)c1.Cl. The molecule has 0 radical (unpaired) electrons. The molecule has 0 amide bonds. The summed E-state index contributed by atoms with van der Waals surface area (Å²) in [4.78, 5) is 11.1. The van der Waals surface area contributed by atoms with E-state index in [0.29, 0.717) is 6.07 Å². The summed E-state index contributed by atoms with van der Waals surface area (Å²) in [7, 11) is 0. The predicted octanol–water partition coefficient (Wildman–Crippen LogP) is 2.29. The number of rotatable bonds is 4. The molecule has 0 aliphatic heterocycles. The summed E-state index contributed by atoms with van der Waals surface area (Å²) in [5, 5.41) is 0. The van der Waals surface area contributed by atoms with Crippen molar-refractivity contribution in [3.8, 4) is 0 Å². The van der Waals surface area contributed by atoms with Crippen LogP contribution in [-0.2, 0) is 9.53 Å². The molecule has 1 unspecified atom stereocenters. The molecule has 1 aromatic rings. The van der Waals surface area contributed by atoms with Gasteiger partial charge in [-0.25, -0.2) is 18.0 Å². The van der Waals surface area contributed by atoms with Crippen molar-refractivity contribution >= 4 is 18.4 Å². The zero-order valence-corrected chi connectivity index (χ0v) is 10.3. The Hall–Kier alpha value is -1.27. The fourth-order valence-electron chi connectivity index (χ4n) is 1.31. The van der Waals surface area contributed by atoms with E-state index in [9.17, 15) is 18.0 Å². The molecular weight excluding hydrogens is 271 g/mol. The fourth-order valence-corrected chi connectivity index (χ4v) is 1.31. The first kappa shape index (κ1) is 16.7. The first-order valence-corrected chi connectivity index (χ1v) is 4.98. The van der Waals surface area contributed by atoms with Crippen LogP contribution < -0.4 is 5.73 Å². The lowest BCUT2D eigenvalue weighted by Gasteiger charge is -2.15. The van der Waals surface area contributed by atoms with Gasteiger partial charge in [-0.2, -0.15) is 0 Å². The van der Waals surface area contributed by atoms with Crippen LogP contribution in [-0.4, -0.2) is 18.7 Å². The van der Waals surface area contributed by atoms with Gasteiger partial charge in [0.2, 0.25) is 6.17 Å². The molecule has 18 heavy (non-hydrogen) atoms. The molecule has 2 atom stereocenters. The summed E-state index contributed by atoms with van der Waals surface area (Å²) < 4.78 is 43.6. The van der Waals surface area contributed by atoms with Gasteiger partial charge in [0.1, 0.15) is 11.6 Å². The van der Waals surface area contributed by atoms with E-state index in [0.717, 1.165) is 12.1 Å². The minimum Gasteiger partial charge on any atom is -0.464 e. The number of ether oxygens (including phenoxy) is 1. The number of nitrogens with two attached hydrogens (primary N) is 1. The molecule has 1 aromatic carbocycles. The summed E-state index contributed by atoms with van der Waals surface area (Å²) in [6.07, 6.45) is -2.16. The standard InChI is InChI=1S/C11H12F3NO2.ClH/c1-2-17-11(16)9(14)10(15)6-3-7(12)5-8(13)4-6;/h3-5,9-10H,2,15H2,1H3;1H/t9?,10-;/m0./s1. The average Bonchev–Trinajstić information content (AvgIpc) is 2.26. The Morgan fingerprint density at radius 1 is 1.33 bits per heavy atom. The van der Waals surface area contributed by atoms with E-state index in [1.165, 1.54) is 6.92 Å². The van der Waals surface area contributed by atoms with Gasteiger partial charge in [-0.15, -0.1) is 12.4 Å². The van der Waals surface area contributed by atoms with Crippen molar-refractivity contribution in [2.75, 3.05) is 6.61 Å². The van der Waals surface area contributed by atoms with Gasteiger partial charge in [0.05, 0.1) is 12.6 Å². The molecule has 0 heterocycles. The first-order valence-electron chi connectivity index (χ1n) is 4.98. The average molecular weight is 284 g/mol. The summed E-state index contributed by atoms with van der Waals surface area (Å²) in [5.74, 6) is -2.91. The summed E-state index contributed by atoms with van der Waals surface area (Å²) >= 11 is 0. The van der Waals surface area contributed by atoms with Crippen molar-refractivity contribution in [2.45, 2.75) is 19.1 Å². The van der Waals surface area contributed by atoms with Gasteiger partial charge in [-0.05, 0) is 24.6 Å². The van der Waals surface area contributed by atoms with Gasteiger partial charge in [0.15, 0.2) is 0 Å². The maximum atomic E-state index is 13.5. The number of carbonyl (C=O) groups is 1. The molecule has 0 aliphatic carbocycles. The lowest BCUT2D eigenvalue weighted by Crippen LogP contribution is -2.31. The van der Waals surface area contributed by atoms with Crippen LogP contribution in [0.1, 0.15) is 18.5 Å². The minimum atomic E-state index is -2.16. The third-order valence-electron chi connectivity index (χ3n) is 2.10. The van der Waals surface area contributed by atoms with E-state index >= 15 is 0 Å². The highest BCUT2D eigenvalue weighted by Gasteiger charge is 2.28. The van der Waals surface area contributed by atoms with Gasteiger partial charge in [-0.1, -0.05) is 0 Å². The van der Waals surface area contributed by atoms with Gasteiger partial charge >= 0.3 is 5.97 Å². The Morgan fingerprint density at radius 2 is 1.83 bits per heavy atom. The Morgan fingerprint density at radius 3 is 2.28 bits per heavy atom. The quantitative estimate of drug-likeness (QED) is 0.863. The number of halogens is 4. The topological polar surface area (TPSA) is 52.3 Å². The molecule has 3 nitrogen and oxygen atoms in total. The van der Waals surface area contributed by atoms with Crippen molar-refractivity contribution in [1.82, 2.24) is 0 Å². The Balaban J connectivity index is 0.00000289. The summed E-state index contributed by atoms with van der Waals surface area (Å²) in [5.41, 5.74) is 5.26.